The van der Waals surface area contributed by atoms with E-state index >= 15 is 0 Å². The van der Waals surface area contributed by atoms with Gasteiger partial charge in [-0.3, -0.25) is 9.78 Å². The Morgan fingerprint density at radius 1 is 1.22 bits per heavy atom. The molecule has 2 aromatic rings. The number of nitrogens with one attached hydrogen (secondary N) is 1. The summed E-state index contributed by atoms with van der Waals surface area (Å²) in [6, 6.07) is 7.20. The van der Waals surface area contributed by atoms with Gasteiger partial charge in [0.25, 0.3) is 0 Å². The van der Waals surface area contributed by atoms with E-state index in [4.69, 9.17) is 17.3 Å². The summed E-state index contributed by atoms with van der Waals surface area (Å²) in [6.45, 7) is 7.94. The van der Waals surface area contributed by atoms with Crippen LogP contribution in [0.3, 0.4) is 0 Å². The molecule has 4 nitrogen and oxygen atoms in total. The first-order chi connectivity index (χ1) is 12.3. The Morgan fingerprint density at radius 3 is 2.30 bits per heavy atom. The van der Waals surface area contributed by atoms with Crippen molar-refractivity contribution in [1.29, 1.82) is 0 Å². The zero-order valence-corrected chi connectivity index (χ0v) is 16.4. The van der Waals surface area contributed by atoms with Crippen LogP contribution < -0.4 is 11.1 Å². The summed E-state index contributed by atoms with van der Waals surface area (Å²) < 4.78 is 37.8. The molecule has 27 heavy (non-hydrogen) atoms. The Hall–Kier alpha value is -2.12. The summed E-state index contributed by atoms with van der Waals surface area (Å²) in [6.07, 6.45) is -2.84. The highest BCUT2D eigenvalue weighted by molar-refractivity contribution is 6.32. The Kier molecular flexibility index (Phi) is 7.80. The topological polar surface area (TPSA) is 68.0 Å². The zero-order chi connectivity index (χ0) is 20.8. The number of primary amides is 1. The fourth-order valence-electron chi connectivity index (χ4n) is 1.99. The number of halogens is 4. The quantitative estimate of drug-likeness (QED) is 0.780. The smallest absolute Gasteiger partial charge is 0.366 e. The van der Waals surface area contributed by atoms with Crippen LogP contribution in [0.1, 0.15) is 48.0 Å². The van der Waals surface area contributed by atoms with Crippen LogP contribution >= 0.6 is 11.6 Å². The summed E-state index contributed by atoms with van der Waals surface area (Å²) in [4.78, 5) is 14.5. The second-order valence-corrected chi connectivity index (χ2v) is 7.31. The predicted octanol–water partition coefficient (Wildman–Crippen LogP) is 4.74. The van der Waals surface area contributed by atoms with E-state index in [-0.39, 0.29) is 10.6 Å². The standard InChI is InChI=1S/C12H15ClF3N.C7H8N2O/c1-11(2,3)17-7-8-5-4-6-9(10(8)13)12(14,15)16;1-5-4-6(7(8)10)2-3-9-5/h4-6,17H,7H2,1-3H3;2-4H,1H3,(H2,8,10). The van der Waals surface area contributed by atoms with Crippen LogP contribution in [0.2, 0.25) is 5.02 Å². The lowest BCUT2D eigenvalue weighted by Crippen LogP contribution is -2.35. The third-order valence-electron chi connectivity index (χ3n) is 3.37. The molecule has 1 amide bonds. The van der Waals surface area contributed by atoms with Crippen LogP contribution in [0.5, 0.6) is 0 Å². The normalized spacial score (nSPS) is 11.6. The number of nitrogens with zero attached hydrogens (tertiary/aromatic N) is 1. The molecule has 1 aromatic carbocycles. The molecule has 1 aromatic heterocycles. The molecule has 0 saturated heterocycles. The average Bonchev–Trinajstić information content (AvgIpc) is 2.52. The molecule has 0 bridgehead atoms. The van der Waals surface area contributed by atoms with E-state index in [2.05, 4.69) is 10.3 Å². The second kappa shape index (κ2) is 9.19. The molecule has 0 fully saturated rings. The van der Waals surface area contributed by atoms with E-state index < -0.39 is 17.6 Å². The summed E-state index contributed by atoms with van der Waals surface area (Å²) in [5.41, 5.74) is 5.83. The number of alkyl halides is 3. The van der Waals surface area contributed by atoms with Crippen LogP contribution in [-0.4, -0.2) is 16.4 Å². The maximum absolute atomic E-state index is 12.6. The lowest BCUT2D eigenvalue weighted by atomic mass is 10.1. The first-order valence-corrected chi connectivity index (χ1v) is 8.51. The van der Waals surface area contributed by atoms with Gasteiger partial charge in [-0.1, -0.05) is 23.7 Å². The average molecular weight is 402 g/mol. The minimum atomic E-state index is -4.41. The largest absolute Gasteiger partial charge is 0.417 e. The molecule has 0 unspecified atom stereocenters. The van der Waals surface area contributed by atoms with Crippen molar-refractivity contribution >= 4 is 17.5 Å². The number of hydrogen-bond donors (Lipinski definition) is 2. The van der Waals surface area contributed by atoms with E-state index in [1.165, 1.54) is 6.07 Å². The van der Waals surface area contributed by atoms with Gasteiger partial charge in [-0.05, 0) is 51.5 Å². The van der Waals surface area contributed by atoms with Crippen LogP contribution in [0.25, 0.3) is 0 Å². The number of aryl methyl sites for hydroxylation is 1. The molecule has 0 atom stereocenters. The maximum atomic E-state index is 12.6. The van der Waals surface area contributed by atoms with Gasteiger partial charge in [0, 0.05) is 29.5 Å². The zero-order valence-electron chi connectivity index (χ0n) is 15.6. The first-order valence-electron chi connectivity index (χ1n) is 8.13. The summed E-state index contributed by atoms with van der Waals surface area (Å²) in [5, 5.41) is 2.88. The number of carbonyl (C=O) groups is 1. The Balaban J connectivity index is 0.000000309. The lowest BCUT2D eigenvalue weighted by Gasteiger charge is -2.21. The molecule has 0 saturated carbocycles. The number of hydrogen-bond acceptors (Lipinski definition) is 3. The SMILES string of the molecule is CC(C)(C)NCc1cccc(C(F)(F)F)c1Cl.Cc1cc(C(N)=O)ccn1. The molecule has 0 spiro atoms. The highest BCUT2D eigenvalue weighted by Crippen LogP contribution is 2.36. The molecule has 3 N–H and O–H groups in total. The number of nitrogens with two attached hydrogens (primary N) is 1. The van der Waals surface area contributed by atoms with E-state index in [1.54, 1.807) is 24.4 Å². The van der Waals surface area contributed by atoms with Gasteiger partial charge < -0.3 is 11.1 Å². The molecular formula is C19H23ClF3N3O. The van der Waals surface area contributed by atoms with Crippen molar-refractivity contribution in [2.45, 2.75) is 46.0 Å². The van der Waals surface area contributed by atoms with Crippen molar-refractivity contribution in [3.8, 4) is 0 Å². The fraction of sp³-hybridized carbons (Fsp3) is 0.368. The minimum Gasteiger partial charge on any atom is -0.366 e. The Morgan fingerprint density at radius 2 is 1.85 bits per heavy atom. The highest BCUT2D eigenvalue weighted by atomic mass is 35.5. The number of pyridine rings is 1. The minimum absolute atomic E-state index is 0.169. The molecule has 0 radical (unpaired) electrons. The van der Waals surface area contributed by atoms with Crippen molar-refractivity contribution in [1.82, 2.24) is 10.3 Å². The van der Waals surface area contributed by atoms with Gasteiger partial charge >= 0.3 is 6.18 Å². The molecule has 0 aliphatic rings. The Bertz CT molecular complexity index is 786. The number of rotatable bonds is 3. The Labute approximate surface area is 161 Å². The fourth-order valence-corrected chi connectivity index (χ4v) is 2.29. The number of aromatic nitrogens is 1. The maximum Gasteiger partial charge on any atom is 0.417 e. The number of carbonyl (C=O) groups excluding carboxylic acids is 1. The monoisotopic (exact) mass is 401 g/mol. The third-order valence-corrected chi connectivity index (χ3v) is 3.82. The van der Waals surface area contributed by atoms with Crippen LogP contribution in [0.4, 0.5) is 13.2 Å². The summed E-state index contributed by atoms with van der Waals surface area (Å²) in [5.74, 6) is -0.412. The molecule has 2 rings (SSSR count). The summed E-state index contributed by atoms with van der Waals surface area (Å²) >= 11 is 5.76. The van der Waals surface area contributed by atoms with Gasteiger partial charge in [0.2, 0.25) is 5.91 Å². The van der Waals surface area contributed by atoms with Gasteiger partial charge in [-0.2, -0.15) is 13.2 Å². The van der Waals surface area contributed by atoms with Crippen LogP contribution in [-0.2, 0) is 12.7 Å². The second-order valence-electron chi connectivity index (χ2n) is 6.93. The molecular weight excluding hydrogens is 379 g/mol. The third kappa shape index (κ3) is 7.97. The molecule has 0 aliphatic carbocycles. The van der Waals surface area contributed by atoms with Crippen molar-refractivity contribution < 1.29 is 18.0 Å². The van der Waals surface area contributed by atoms with Crippen molar-refractivity contribution in [3.63, 3.8) is 0 Å². The summed E-state index contributed by atoms with van der Waals surface area (Å²) in [7, 11) is 0. The van der Waals surface area contributed by atoms with Gasteiger partial charge in [-0.25, -0.2) is 0 Å². The lowest BCUT2D eigenvalue weighted by molar-refractivity contribution is -0.137. The molecule has 8 heteroatoms. The van der Waals surface area contributed by atoms with Crippen LogP contribution in [0, 0.1) is 6.92 Å². The number of benzene rings is 1. The number of amides is 1. The predicted molar refractivity (Wildman–Crippen MR) is 101 cm³/mol. The van der Waals surface area contributed by atoms with E-state index in [9.17, 15) is 18.0 Å². The van der Waals surface area contributed by atoms with Gasteiger partial charge in [0.15, 0.2) is 0 Å². The van der Waals surface area contributed by atoms with Gasteiger partial charge in [0.05, 0.1) is 10.6 Å². The molecule has 0 aliphatic heterocycles. The highest BCUT2D eigenvalue weighted by Gasteiger charge is 2.33. The van der Waals surface area contributed by atoms with E-state index in [1.807, 2.05) is 27.7 Å². The van der Waals surface area contributed by atoms with Crippen molar-refractivity contribution in [3.05, 3.63) is 63.9 Å². The first kappa shape index (κ1) is 22.9. The van der Waals surface area contributed by atoms with E-state index in [0.29, 0.717) is 17.7 Å². The van der Waals surface area contributed by atoms with E-state index in [0.717, 1.165) is 11.8 Å². The van der Waals surface area contributed by atoms with Crippen LogP contribution in [0.15, 0.2) is 36.5 Å². The van der Waals surface area contributed by atoms with Crippen molar-refractivity contribution in [2.75, 3.05) is 0 Å². The van der Waals surface area contributed by atoms with Crippen molar-refractivity contribution in [2.24, 2.45) is 5.73 Å². The molecule has 1 heterocycles. The van der Waals surface area contributed by atoms with Gasteiger partial charge in [-0.15, -0.1) is 0 Å². The molecule has 148 valence electrons. The van der Waals surface area contributed by atoms with Gasteiger partial charge in [0.1, 0.15) is 0 Å².